The Balaban J connectivity index is 2.07. The van der Waals surface area contributed by atoms with Gasteiger partial charge < -0.3 is 14.8 Å². The summed E-state index contributed by atoms with van der Waals surface area (Å²) in [5, 5.41) is 2.86. The fourth-order valence-corrected chi connectivity index (χ4v) is 2.60. The number of hydrogen-bond acceptors (Lipinski definition) is 5. The van der Waals surface area contributed by atoms with Crippen molar-refractivity contribution in [2.45, 2.75) is 39.7 Å². The molecular formula is C16H32N2O3S. The summed E-state index contributed by atoms with van der Waals surface area (Å²) in [6, 6.07) is 0. The van der Waals surface area contributed by atoms with E-state index in [1.807, 2.05) is 0 Å². The zero-order valence-electron chi connectivity index (χ0n) is 14.5. The lowest BCUT2D eigenvalue weighted by atomic mass is 9.91. The molecule has 0 radical (unpaired) electrons. The van der Waals surface area contributed by atoms with Crippen molar-refractivity contribution in [1.82, 2.24) is 10.2 Å². The first kappa shape index (κ1) is 19.7. The number of nitrogens with zero attached hydrogens (tertiary/aromatic N) is 1. The molecular weight excluding hydrogens is 300 g/mol. The number of nitrogens with one attached hydrogen (secondary N) is 1. The molecule has 0 spiro atoms. The van der Waals surface area contributed by atoms with E-state index in [2.05, 4.69) is 31.0 Å². The second-order valence-electron chi connectivity index (χ2n) is 6.94. The van der Waals surface area contributed by atoms with E-state index in [9.17, 15) is 4.79 Å². The van der Waals surface area contributed by atoms with Gasteiger partial charge in [0.25, 0.3) is 5.24 Å². The summed E-state index contributed by atoms with van der Waals surface area (Å²) in [5.74, 6) is 0. The molecule has 6 heteroatoms. The Bertz CT molecular complexity index is 321. The van der Waals surface area contributed by atoms with Crippen molar-refractivity contribution in [3.05, 3.63) is 0 Å². The first-order valence-corrected chi connectivity index (χ1v) is 9.37. The van der Waals surface area contributed by atoms with Gasteiger partial charge in [0.2, 0.25) is 0 Å². The Morgan fingerprint density at radius 2 is 2.18 bits per heavy atom. The number of ether oxygens (including phenoxy) is 2. The first-order valence-electron chi connectivity index (χ1n) is 8.14. The summed E-state index contributed by atoms with van der Waals surface area (Å²) in [4.78, 5) is 13.6. The average molecular weight is 333 g/mol. The maximum atomic E-state index is 11.2. The van der Waals surface area contributed by atoms with Crippen LogP contribution in [-0.4, -0.2) is 68.5 Å². The largest absolute Gasteiger partial charge is 0.380 e. The highest BCUT2D eigenvalue weighted by Crippen LogP contribution is 2.20. The first-order chi connectivity index (χ1) is 10.4. The van der Waals surface area contributed by atoms with Crippen LogP contribution in [-0.2, 0) is 9.47 Å². The highest BCUT2D eigenvalue weighted by Gasteiger charge is 2.20. The lowest BCUT2D eigenvalue weighted by molar-refractivity contribution is -0.0337. The molecule has 1 heterocycles. The second kappa shape index (κ2) is 10.5. The zero-order valence-corrected chi connectivity index (χ0v) is 15.3. The SMILES string of the molecule is CSC(=O)NCC1CN(CCOCCCC(C)(C)C)CCO1. The molecule has 1 rings (SSSR count). The molecule has 0 aromatic carbocycles. The zero-order chi connectivity index (χ0) is 16.4. The van der Waals surface area contributed by atoms with Gasteiger partial charge in [-0.15, -0.1) is 0 Å². The predicted molar refractivity (Wildman–Crippen MR) is 92.6 cm³/mol. The van der Waals surface area contributed by atoms with E-state index >= 15 is 0 Å². The van der Waals surface area contributed by atoms with Gasteiger partial charge in [-0.2, -0.15) is 0 Å². The topological polar surface area (TPSA) is 50.8 Å². The molecule has 22 heavy (non-hydrogen) atoms. The van der Waals surface area contributed by atoms with Gasteiger partial charge in [0.05, 0.1) is 19.3 Å². The van der Waals surface area contributed by atoms with Crippen LogP contribution in [0.1, 0.15) is 33.6 Å². The minimum atomic E-state index is 0.00269. The summed E-state index contributed by atoms with van der Waals surface area (Å²) in [6.45, 7) is 12.4. The molecule has 0 saturated carbocycles. The van der Waals surface area contributed by atoms with Gasteiger partial charge >= 0.3 is 0 Å². The summed E-state index contributed by atoms with van der Waals surface area (Å²) in [5.41, 5.74) is 0.391. The maximum absolute atomic E-state index is 11.2. The van der Waals surface area contributed by atoms with E-state index in [1.54, 1.807) is 6.26 Å². The minimum Gasteiger partial charge on any atom is -0.380 e. The van der Waals surface area contributed by atoms with Gasteiger partial charge in [-0.05, 0) is 24.5 Å². The molecule has 1 aliphatic rings. The van der Waals surface area contributed by atoms with Crippen molar-refractivity contribution in [3.8, 4) is 0 Å². The Morgan fingerprint density at radius 1 is 1.41 bits per heavy atom. The number of amides is 1. The Morgan fingerprint density at radius 3 is 2.86 bits per heavy atom. The standard InChI is InChI=1S/C16H32N2O3S/c1-16(2,3)6-5-9-20-10-7-18-8-11-21-14(13-18)12-17-15(19)22-4/h14H,5-13H2,1-4H3,(H,17,19). The number of carbonyl (C=O) groups excluding carboxylic acids is 1. The van der Waals surface area contributed by atoms with Crippen molar-refractivity contribution in [2.24, 2.45) is 5.41 Å². The average Bonchev–Trinajstić information content (AvgIpc) is 2.47. The van der Waals surface area contributed by atoms with Crippen molar-refractivity contribution in [2.75, 3.05) is 52.3 Å². The molecule has 0 bridgehead atoms. The Hall–Kier alpha value is -0.300. The predicted octanol–water partition coefficient (Wildman–Crippen LogP) is 2.60. The number of thioether (sulfide) groups is 1. The fourth-order valence-electron chi connectivity index (χ4n) is 2.38. The van der Waals surface area contributed by atoms with Crippen molar-refractivity contribution in [3.63, 3.8) is 0 Å². The van der Waals surface area contributed by atoms with Gasteiger partial charge in [-0.1, -0.05) is 32.5 Å². The van der Waals surface area contributed by atoms with Crippen LogP contribution in [0.25, 0.3) is 0 Å². The van der Waals surface area contributed by atoms with Crippen LogP contribution in [0.3, 0.4) is 0 Å². The second-order valence-corrected chi connectivity index (χ2v) is 7.72. The van der Waals surface area contributed by atoms with Crippen LogP contribution in [0.4, 0.5) is 4.79 Å². The lowest BCUT2D eigenvalue weighted by Gasteiger charge is -2.32. The molecule has 1 unspecified atom stereocenters. The Kier molecular flexibility index (Phi) is 9.40. The van der Waals surface area contributed by atoms with Crippen molar-refractivity contribution in [1.29, 1.82) is 0 Å². The van der Waals surface area contributed by atoms with E-state index in [1.165, 1.54) is 18.2 Å². The van der Waals surface area contributed by atoms with Gasteiger partial charge in [0, 0.05) is 32.8 Å². The maximum Gasteiger partial charge on any atom is 0.278 e. The third-order valence-corrected chi connectivity index (χ3v) is 4.16. The summed E-state index contributed by atoms with van der Waals surface area (Å²) >= 11 is 1.20. The van der Waals surface area contributed by atoms with Crippen LogP contribution in [0.2, 0.25) is 0 Å². The molecule has 1 aliphatic heterocycles. The Labute approximate surface area is 139 Å². The van der Waals surface area contributed by atoms with Gasteiger partial charge in [-0.3, -0.25) is 9.69 Å². The van der Waals surface area contributed by atoms with Crippen molar-refractivity contribution < 1.29 is 14.3 Å². The summed E-state index contributed by atoms with van der Waals surface area (Å²) in [7, 11) is 0. The van der Waals surface area contributed by atoms with Crippen LogP contribution < -0.4 is 5.32 Å². The number of hydrogen-bond donors (Lipinski definition) is 1. The quantitative estimate of drug-likeness (QED) is 0.693. The molecule has 0 aromatic rings. The third-order valence-electron chi connectivity index (χ3n) is 3.65. The smallest absolute Gasteiger partial charge is 0.278 e. The minimum absolute atomic E-state index is 0.00269. The number of rotatable bonds is 8. The highest BCUT2D eigenvalue weighted by molar-refractivity contribution is 8.12. The van der Waals surface area contributed by atoms with Gasteiger partial charge in [0.1, 0.15) is 0 Å². The van der Waals surface area contributed by atoms with E-state index in [-0.39, 0.29) is 11.3 Å². The molecule has 1 saturated heterocycles. The van der Waals surface area contributed by atoms with Crippen LogP contribution in [0.5, 0.6) is 0 Å². The van der Waals surface area contributed by atoms with E-state index < -0.39 is 0 Å². The molecule has 130 valence electrons. The number of morpholine rings is 1. The molecule has 5 nitrogen and oxygen atoms in total. The van der Waals surface area contributed by atoms with Gasteiger partial charge in [0.15, 0.2) is 0 Å². The molecule has 0 aromatic heterocycles. The van der Waals surface area contributed by atoms with E-state index in [0.717, 1.165) is 45.9 Å². The fraction of sp³-hybridized carbons (Fsp3) is 0.938. The molecule has 0 aliphatic carbocycles. The van der Waals surface area contributed by atoms with E-state index in [4.69, 9.17) is 9.47 Å². The van der Waals surface area contributed by atoms with Crippen molar-refractivity contribution >= 4 is 17.0 Å². The summed E-state index contributed by atoms with van der Waals surface area (Å²) < 4.78 is 11.4. The van der Waals surface area contributed by atoms with Crippen LogP contribution in [0, 0.1) is 5.41 Å². The third kappa shape index (κ3) is 9.66. The van der Waals surface area contributed by atoms with Crippen LogP contribution in [0.15, 0.2) is 0 Å². The number of carbonyl (C=O) groups is 1. The lowest BCUT2D eigenvalue weighted by Crippen LogP contribution is -2.48. The van der Waals surface area contributed by atoms with E-state index in [0.29, 0.717) is 12.0 Å². The molecule has 1 N–H and O–H groups in total. The monoisotopic (exact) mass is 332 g/mol. The molecule has 1 amide bonds. The normalized spacial score (nSPS) is 20.1. The van der Waals surface area contributed by atoms with Gasteiger partial charge in [-0.25, -0.2) is 0 Å². The molecule has 1 fully saturated rings. The van der Waals surface area contributed by atoms with Crippen LogP contribution >= 0.6 is 11.8 Å². The molecule has 1 atom stereocenters. The summed E-state index contributed by atoms with van der Waals surface area (Å²) in [6.07, 6.45) is 4.18. The highest BCUT2D eigenvalue weighted by atomic mass is 32.2.